The van der Waals surface area contributed by atoms with Crippen molar-refractivity contribution in [1.29, 1.82) is 0 Å². The molecule has 2 rings (SSSR count). The summed E-state index contributed by atoms with van der Waals surface area (Å²) in [5.41, 5.74) is 0. The number of piperazine rings is 1. The second-order valence-corrected chi connectivity index (χ2v) is 28.4. The van der Waals surface area contributed by atoms with Crippen molar-refractivity contribution in [2.75, 3.05) is 88.7 Å². The molecular formula is C68H121N13O14. The second kappa shape index (κ2) is 38.9. The number of amides is 12. The quantitative estimate of drug-likeness (QED) is 0.106. The lowest BCUT2D eigenvalue weighted by Crippen LogP contribution is -2.64. The maximum Gasteiger partial charge on any atom is 0.248 e. The van der Waals surface area contributed by atoms with Gasteiger partial charge in [0.25, 0.3) is 0 Å². The van der Waals surface area contributed by atoms with Crippen LogP contribution in [0.4, 0.5) is 0 Å². The van der Waals surface area contributed by atoms with Crippen LogP contribution in [0.25, 0.3) is 0 Å². The molecule has 95 heavy (non-hydrogen) atoms. The number of hydrogen-bond acceptors (Lipinski definition) is 15. The van der Waals surface area contributed by atoms with E-state index in [-0.39, 0.29) is 69.0 Å². The molecule has 12 amide bonds. The van der Waals surface area contributed by atoms with Crippen LogP contribution in [0.2, 0.25) is 0 Å². The minimum Gasteiger partial charge on any atom is -0.390 e. The Hall–Kier alpha value is -6.74. The van der Waals surface area contributed by atoms with Gasteiger partial charge in [-0.1, -0.05) is 102 Å². The first-order chi connectivity index (χ1) is 44.1. The van der Waals surface area contributed by atoms with E-state index < -0.39 is 161 Å². The van der Waals surface area contributed by atoms with Crippen molar-refractivity contribution in [3.8, 4) is 0 Å². The third kappa shape index (κ3) is 23.2. The van der Waals surface area contributed by atoms with Crippen LogP contribution in [-0.4, -0.2) is 276 Å². The van der Waals surface area contributed by atoms with Crippen molar-refractivity contribution < 1.29 is 67.4 Å². The SMILES string of the molecule is C/C=C/C[C@@H](C)[C@@H](O)[C@H]1C(=O)N[C@@H](CC)C(=O)N(C)[C@H](C)C(=O)N(C)[C@@H]([C@H](C)COCC(=O)N2CCNCC2)C(=O)N[C@@H](C(C)C)C(=O)N(C)[C@@H](CC(C)C)C(=O)N[C@@H](C)C(=O)N[C@H](C)C(=O)N(C)[C@@H](CC(C)C)C(=O)N(C)[C@@H](CC(C)C)C(=O)N(C)[C@@H](C(C)C)C(=O)N1C. The first-order valence-electron chi connectivity index (χ1n) is 34.1. The fourth-order valence-electron chi connectivity index (χ4n) is 12.2. The van der Waals surface area contributed by atoms with Crippen LogP contribution >= 0.6 is 0 Å². The Kier molecular flexibility index (Phi) is 34.5. The van der Waals surface area contributed by atoms with Crippen molar-refractivity contribution in [2.24, 2.45) is 41.4 Å². The van der Waals surface area contributed by atoms with Crippen LogP contribution in [0.1, 0.15) is 150 Å². The van der Waals surface area contributed by atoms with Gasteiger partial charge in [0.05, 0.1) is 12.7 Å². The van der Waals surface area contributed by atoms with Crippen molar-refractivity contribution in [2.45, 2.75) is 222 Å². The number of carbonyl (C=O) groups excluding carboxylic acids is 12. The summed E-state index contributed by atoms with van der Waals surface area (Å²) in [7, 11) is 9.77. The normalized spacial score (nSPS) is 27.3. The number of nitrogens with one attached hydrogen (secondary N) is 5. The first kappa shape index (κ1) is 84.3. The highest BCUT2D eigenvalue weighted by atomic mass is 16.5. The number of aliphatic hydroxyl groups is 1. The molecule has 542 valence electrons. The van der Waals surface area contributed by atoms with E-state index in [9.17, 15) is 38.7 Å². The minimum absolute atomic E-state index is 0.0323. The highest BCUT2D eigenvalue weighted by Gasteiger charge is 2.46. The summed E-state index contributed by atoms with van der Waals surface area (Å²) in [6.07, 6.45) is 2.66. The lowest BCUT2D eigenvalue weighted by atomic mass is 9.91. The van der Waals surface area contributed by atoms with E-state index >= 15 is 24.0 Å². The van der Waals surface area contributed by atoms with Gasteiger partial charge >= 0.3 is 0 Å². The number of aliphatic hydroxyl groups excluding tert-OH is 1. The minimum atomic E-state index is -1.66. The molecule has 14 atom stereocenters. The predicted octanol–water partition coefficient (Wildman–Crippen LogP) is 1.70. The molecule has 0 aromatic carbocycles. The molecular weight excluding hydrogens is 1220 g/mol. The molecule has 27 nitrogen and oxygen atoms in total. The molecule has 2 heterocycles. The van der Waals surface area contributed by atoms with E-state index in [0.717, 1.165) is 14.7 Å². The average molecular weight is 1340 g/mol. The number of likely N-dealkylation sites (N-methyl/N-ethyl adjacent to an activating group) is 7. The average Bonchev–Trinajstić information content (AvgIpc) is 0.810. The molecule has 0 aliphatic carbocycles. The van der Waals surface area contributed by atoms with Gasteiger partial charge < -0.3 is 75.6 Å². The van der Waals surface area contributed by atoms with Gasteiger partial charge in [-0.15, -0.1) is 0 Å². The molecule has 6 N–H and O–H groups in total. The zero-order chi connectivity index (χ0) is 73.0. The zero-order valence-corrected chi connectivity index (χ0v) is 61.7. The van der Waals surface area contributed by atoms with Crippen molar-refractivity contribution in [3.63, 3.8) is 0 Å². The Morgan fingerprint density at radius 3 is 1.47 bits per heavy atom. The van der Waals surface area contributed by atoms with Crippen molar-refractivity contribution >= 4 is 70.9 Å². The van der Waals surface area contributed by atoms with E-state index in [1.807, 2.05) is 41.5 Å². The Morgan fingerprint density at radius 1 is 0.516 bits per heavy atom. The fourth-order valence-corrected chi connectivity index (χ4v) is 12.2. The summed E-state index contributed by atoms with van der Waals surface area (Å²) >= 11 is 0. The molecule has 0 aromatic heterocycles. The zero-order valence-electron chi connectivity index (χ0n) is 61.7. The Labute approximate surface area is 566 Å². The van der Waals surface area contributed by atoms with Gasteiger partial charge in [0.15, 0.2) is 0 Å². The van der Waals surface area contributed by atoms with Gasteiger partial charge in [-0.2, -0.15) is 0 Å². The fraction of sp³-hybridized carbons (Fsp3) is 0.794. The molecule has 0 bridgehead atoms. The number of carbonyl (C=O) groups is 12. The first-order valence-corrected chi connectivity index (χ1v) is 34.1. The highest BCUT2D eigenvalue weighted by Crippen LogP contribution is 2.26. The maximum atomic E-state index is 15.3. The molecule has 0 unspecified atom stereocenters. The maximum absolute atomic E-state index is 15.3. The number of nitrogens with zero attached hydrogens (tertiary/aromatic N) is 8. The summed E-state index contributed by atoms with van der Waals surface area (Å²) in [6, 6.07) is -14.4. The number of hydrogen-bond donors (Lipinski definition) is 6. The molecule has 2 aliphatic heterocycles. The number of allylic oxidation sites excluding steroid dienone is 2. The third-order valence-corrected chi connectivity index (χ3v) is 18.4. The monoisotopic (exact) mass is 1340 g/mol. The van der Waals surface area contributed by atoms with Crippen molar-refractivity contribution in [3.05, 3.63) is 12.2 Å². The van der Waals surface area contributed by atoms with Crippen LogP contribution in [-0.2, 0) is 62.3 Å². The smallest absolute Gasteiger partial charge is 0.248 e. The van der Waals surface area contributed by atoms with Crippen molar-refractivity contribution in [1.82, 2.24) is 65.8 Å². The van der Waals surface area contributed by atoms with Crippen LogP contribution in [0.15, 0.2) is 12.2 Å². The summed E-state index contributed by atoms with van der Waals surface area (Å²) in [5.74, 6) is -11.5. The Bertz CT molecular complexity index is 2650. The molecule has 2 fully saturated rings. The van der Waals surface area contributed by atoms with E-state index in [2.05, 4.69) is 26.6 Å². The summed E-state index contributed by atoms with van der Waals surface area (Å²) < 4.78 is 5.95. The predicted molar refractivity (Wildman–Crippen MR) is 363 cm³/mol. The molecule has 2 aliphatic rings. The van der Waals surface area contributed by atoms with Crippen LogP contribution in [0.5, 0.6) is 0 Å². The van der Waals surface area contributed by atoms with Gasteiger partial charge in [0, 0.05) is 81.4 Å². The second-order valence-electron chi connectivity index (χ2n) is 28.4. The van der Waals surface area contributed by atoms with Gasteiger partial charge in [-0.25, -0.2) is 0 Å². The lowest BCUT2D eigenvalue weighted by Gasteiger charge is -2.41. The summed E-state index contributed by atoms with van der Waals surface area (Å²) in [6.45, 7) is 30.6. The van der Waals surface area contributed by atoms with Gasteiger partial charge in [0.1, 0.15) is 73.1 Å². The van der Waals surface area contributed by atoms with Gasteiger partial charge in [0.2, 0.25) is 70.9 Å². The van der Waals surface area contributed by atoms with E-state index in [1.54, 1.807) is 72.4 Å². The van der Waals surface area contributed by atoms with Crippen LogP contribution < -0.4 is 26.6 Å². The van der Waals surface area contributed by atoms with E-state index in [4.69, 9.17) is 4.74 Å². The molecule has 0 saturated carbocycles. The Morgan fingerprint density at radius 2 is 0.979 bits per heavy atom. The van der Waals surface area contributed by atoms with E-state index in [1.165, 1.54) is 89.7 Å². The Balaban J connectivity index is 3.03. The van der Waals surface area contributed by atoms with Gasteiger partial charge in [-0.05, 0) is 95.3 Å². The topological polar surface area (TPSA) is 320 Å². The van der Waals surface area contributed by atoms with Gasteiger partial charge in [-0.3, -0.25) is 57.5 Å². The van der Waals surface area contributed by atoms with Crippen LogP contribution in [0, 0.1) is 41.4 Å². The summed E-state index contributed by atoms with van der Waals surface area (Å²) in [4.78, 5) is 186. The lowest BCUT2D eigenvalue weighted by molar-refractivity contribution is -0.157. The third-order valence-electron chi connectivity index (χ3n) is 18.4. The highest BCUT2D eigenvalue weighted by molar-refractivity contribution is 6.00. The largest absolute Gasteiger partial charge is 0.390 e. The number of ether oxygens (including phenoxy) is 1. The molecule has 27 heteroatoms. The molecule has 0 radical (unpaired) electrons. The molecule has 0 spiro atoms. The molecule has 0 aromatic rings. The van der Waals surface area contributed by atoms with E-state index in [0.29, 0.717) is 26.2 Å². The standard InChI is InChI=1S/C68H121N13O14/c1-25-27-28-43(13)57(83)56-61(87)72-48(26-2)64(90)74(18)47(17)63(89)79(23)55(44(14)36-95-37-52(82)81-31-29-69-30-32-81)60(86)73-53(41(9)10)67(93)75(19)49(33-38(3)4)59(85)70-45(15)58(84)71-46(16)62(88)76(20)50(34-39(5)6)65(91)77(21)51(35-40(7)8)66(92)78(22)54(42(11)12)68(94)80(56)24/h25,27,38-51,53-57,69,83H,26,28-37H2,1-24H3,(H,70,85)(H,71,84)(H,72,87)(H,73,86)/b27-25+/t43-,44-,45+,46-,47-,48+,49+,50+,51+,53+,54+,55+,56+,57-/m1/s1. The van der Waals surface area contributed by atoms with Crippen LogP contribution in [0.3, 0.4) is 0 Å². The number of rotatable bonds is 18. The summed E-state index contributed by atoms with van der Waals surface area (Å²) in [5, 5.41) is 26.4. The molecule has 2 saturated heterocycles.